The molecule has 0 amide bonds. The minimum atomic E-state index is 0.178. The SMILES string of the molecule is CCC(CC)C(N)CNc1nc2ccccc2cc1C. The number of nitrogens with two attached hydrogens (primary N) is 1. The molecule has 0 fully saturated rings. The van der Waals surface area contributed by atoms with Gasteiger partial charge in [-0.3, -0.25) is 0 Å². The lowest BCUT2D eigenvalue weighted by molar-refractivity contribution is 0.407. The van der Waals surface area contributed by atoms with Crippen LogP contribution < -0.4 is 11.1 Å². The number of pyridine rings is 1. The predicted octanol–water partition coefficient (Wildman–Crippen LogP) is 3.72. The summed E-state index contributed by atoms with van der Waals surface area (Å²) in [7, 11) is 0. The largest absolute Gasteiger partial charge is 0.368 e. The van der Waals surface area contributed by atoms with E-state index in [1.165, 1.54) is 10.9 Å². The highest BCUT2D eigenvalue weighted by molar-refractivity contribution is 5.81. The Morgan fingerprint density at radius 2 is 1.90 bits per heavy atom. The molecule has 3 N–H and O–H groups in total. The Morgan fingerprint density at radius 3 is 2.60 bits per heavy atom. The van der Waals surface area contributed by atoms with Gasteiger partial charge in [-0.2, -0.15) is 0 Å². The van der Waals surface area contributed by atoms with Crippen molar-refractivity contribution in [2.24, 2.45) is 11.7 Å². The Kier molecular flexibility index (Phi) is 4.96. The second-order valence-corrected chi connectivity index (χ2v) is 5.47. The standard InChI is InChI=1S/C17H25N3/c1-4-13(5-2)15(18)11-19-17-12(3)10-14-8-6-7-9-16(14)20-17/h6-10,13,15H,4-5,11,18H2,1-3H3,(H,19,20). The first-order valence-electron chi connectivity index (χ1n) is 7.51. The monoisotopic (exact) mass is 271 g/mol. The first kappa shape index (κ1) is 14.8. The molecule has 0 radical (unpaired) electrons. The van der Waals surface area contributed by atoms with Crippen molar-refractivity contribution in [3.8, 4) is 0 Å². The minimum absolute atomic E-state index is 0.178. The van der Waals surface area contributed by atoms with Crippen LogP contribution >= 0.6 is 0 Å². The number of para-hydroxylation sites is 1. The molecule has 0 aliphatic carbocycles. The van der Waals surface area contributed by atoms with E-state index in [0.717, 1.165) is 30.7 Å². The molecule has 0 aliphatic rings. The highest BCUT2D eigenvalue weighted by atomic mass is 15.0. The molecule has 3 heteroatoms. The van der Waals surface area contributed by atoms with Crippen molar-refractivity contribution in [1.82, 2.24) is 4.98 Å². The lowest BCUT2D eigenvalue weighted by atomic mass is 9.95. The average Bonchev–Trinajstić information content (AvgIpc) is 2.46. The number of aromatic nitrogens is 1. The molecule has 0 bridgehead atoms. The molecule has 108 valence electrons. The van der Waals surface area contributed by atoms with E-state index in [2.05, 4.69) is 38.2 Å². The van der Waals surface area contributed by atoms with E-state index in [1.54, 1.807) is 0 Å². The molecule has 1 heterocycles. The third-order valence-electron chi connectivity index (χ3n) is 4.07. The number of benzene rings is 1. The fraction of sp³-hybridized carbons (Fsp3) is 0.471. The maximum absolute atomic E-state index is 6.26. The third kappa shape index (κ3) is 3.28. The van der Waals surface area contributed by atoms with Crippen LogP contribution in [0.5, 0.6) is 0 Å². The van der Waals surface area contributed by atoms with Crippen molar-refractivity contribution >= 4 is 16.7 Å². The Hall–Kier alpha value is -1.61. The molecule has 0 aliphatic heterocycles. The molecule has 3 nitrogen and oxygen atoms in total. The highest BCUT2D eigenvalue weighted by Crippen LogP contribution is 2.20. The molecular weight excluding hydrogens is 246 g/mol. The lowest BCUT2D eigenvalue weighted by Crippen LogP contribution is -2.36. The van der Waals surface area contributed by atoms with Crippen molar-refractivity contribution in [2.45, 2.75) is 39.7 Å². The number of nitrogens with zero attached hydrogens (tertiary/aromatic N) is 1. The number of anilines is 1. The van der Waals surface area contributed by atoms with Crippen LogP contribution in [0.3, 0.4) is 0 Å². The molecule has 0 saturated carbocycles. The molecule has 0 spiro atoms. The smallest absolute Gasteiger partial charge is 0.129 e. The zero-order valence-electron chi connectivity index (χ0n) is 12.7. The molecule has 2 aromatic rings. The summed E-state index contributed by atoms with van der Waals surface area (Å²) in [5.74, 6) is 1.52. The van der Waals surface area contributed by atoms with Crippen LogP contribution in [0.1, 0.15) is 32.3 Å². The average molecular weight is 271 g/mol. The van der Waals surface area contributed by atoms with Crippen LogP contribution in [-0.4, -0.2) is 17.6 Å². The summed E-state index contributed by atoms with van der Waals surface area (Å²) in [6.07, 6.45) is 2.26. The molecule has 0 saturated heterocycles. The van der Waals surface area contributed by atoms with Crippen molar-refractivity contribution in [3.05, 3.63) is 35.9 Å². The maximum atomic E-state index is 6.26. The second kappa shape index (κ2) is 6.71. The first-order chi connectivity index (χ1) is 9.65. The molecule has 1 atom stereocenters. The van der Waals surface area contributed by atoms with Gasteiger partial charge in [0.15, 0.2) is 0 Å². The van der Waals surface area contributed by atoms with Crippen LogP contribution in [0, 0.1) is 12.8 Å². The number of fused-ring (bicyclic) bond motifs is 1. The Balaban J connectivity index is 2.11. The van der Waals surface area contributed by atoms with Gasteiger partial charge in [0.25, 0.3) is 0 Å². The van der Waals surface area contributed by atoms with Gasteiger partial charge < -0.3 is 11.1 Å². The molecule has 1 aromatic heterocycles. The van der Waals surface area contributed by atoms with Crippen LogP contribution in [0.25, 0.3) is 10.9 Å². The van der Waals surface area contributed by atoms with E-state index in [9.17, 15) is 0 Å². The van der Waals surface area contributed by atoms with Gasteiger partial charge in [-0.25, -0.2) is 4.98 Å². The van der Waals surface area contributed by atoms with Crippen LogP contribution in [0.4, 0.5) is 5.82 Å². The van der Waals surface area contributed by atoms with Crippen molar-refractivity contribution in [1.29, 1.82) is 0 Å². The van der Waals surface area contributed by atoms with Gasteiger partial charge in [0.2, 0.25) is 0 Å². The van der Waals surface area contributed by atoms with Gasteiger partial charge in [-0.1, -0.05) is 44.9 Å². The summed E-state index contributed by atoms with van der Waals surface area (Å²) in [6.45, 7) is 7.27. The summed E-state index contributed by atoms with van der Waals surface area (Å²) < 4.78 is 0. The number of rotatable bonds is 6. The Bertz CT molecular complexity index is 561. The number of hydrogen-bond donors (Lipinski definition) is 2. The van der Waals surface area contributed by atoms with E-state index < -0.39 is 0 Å². The van der Waals surface area contributed by atoms with Gasteiger partial charge in [-0.05, 0) is 30.5 Å². The lowest BCUT2D eigenvalue weighted by Gasteiger charge is -2.22. The maximum Gasteiger partial charge on any atom is 0.129 e. The molecule has 1 unspecified atom stereocenters. The Labute approximate surface area is 121 Å². The van der Waals surface area contributed by atoms with Gasteiger partial charge in [0.1, 0.15) is 5.82 Å². The summed E-state index contributed by atoms with van der Waals surface area (Å²) in [4.78, 5) is 4.69. The van der Waals surface area contributed by atoms with Crippen molar-refractivity contribution in [2.75, 3.05) is 11.9 Å². The summed E-state index contributed by atoms with van der Waals surface area (Å²) in [5.41, 5.74) is 8.45. The minimum Gasteiger partial charge on any atom is -0.368 e. The van der Waals surface area contributed by atoms with Crippen molar-refractivity contribution in [3.63, 3.8) is 0 Å². The number of hydrogen-bond acceptors (Lipinski definition) is 3. The van der Waals surface area contributed by atoms with Crippen molar-refractivity contribution < 1.29 is 0 Å². The fourth-order valence-corrected chi connectivity index (χ4v) is 2.68. The van der Waals surface area contributed by atoms with E-state index >= 15 is 0 Å². The van der Waals surface area contributed by atoms with E-state index in [0.29, 0.717) is 5.92 Å². The van der Waals surface area contributed by atoms with Gasteiger partial charge >= 0.3 is 0 Å². The summed E-state index contributed by atoms with van der Waals surface area (Å²) >= 11 is 0. The third-order valence-corrected chi connectivity index (χ3v) is 4.07. The molecular formula is C17H25N3. The topological polar surface area (TPSA) is 50.9 Å². The van der Waals surface area contributed by atoms with E-state index in [4.69, 9.17) is 10.7 Å². The van der Waals surface area contributed by atoms with E-state index in [-0.39, 0.29) is 6.04 Å². The first-order valence-corrected chi connectivity index (χ1v) is 7.51. The molecule has 20 heavy (non-hydrogen) atoms. The van der Waals surface area contributed by atoms with Crippen LogP contribution in [0.15, 0.2) is 30.3 Å². The molecule has 2 rings (SSSR count). The normalized spacial score (nSPS) is 12.8. The Morgan fingerprint density at radius 1 is 1.20 bits per heavy atom. The van der Waals surface area contributed by atoms with Crippen LogP contribution in [0.2, 0.25) is 0 Å². The number of nitrogens with one attached hydrogen (secondary N) is 1. The van der Waals surface area contributed by atoms with Gasteiger partial charge in [0, 0.05) is 18.0 Å². The summed E-state index contributed by atoms with van der Waals surface area (Å²) in [6, 6.07) is 10.5. The quantitative estimate of drug-likeness (QED) is 0.842. The van der Waals surface area contributed by atoms with Gasteiger partial charge in [0.05, 0.1) is 5.52 Å². The van der Waals surface area contributed by atoms with Crippen LogP contribution in [-0.2, 0) is 0 Å². The van der Waals surface area contributed by atoms with Gasteiger partial charge in [-0.15, -0.1) is 0 Å². The number of aryl methyl sites for hydroxylation is 1. The zero-order chi connectivity index (χ0) is 14.5. The fourth-order valence-electron chi connectivity index (χ4n) is 2.68. The zero-order valence-corrected chi connectivity index (χ0v) is 12.7. The van der Waals surface area contributed by atoms with E-state index in [1.807, 2.05) is 18.2 Å². The predicted molar refractivity (Wildman–Crippen MR) is 87.0 cm³/mol. The second-order valence-electron chi connectivity index (χ2n) is 5.47. The highest BCUT2D eigenvalue weighted by Gasteiger charge is 2.14. The molecule has 1 aromatic carbocycles. The summed E-state index contributed by atoms with van der Waals surface area (Å²) in [5, 5.41) is 4.60.